The Morgan fingerprint density at radius 2 is 2.28 bits per heavy atom. The second-order valence-corrected chi connectivity index (χ2v) is 5.25. The van der Waals surface area contributed by atoms with Gasteiger partial charge in [-0.3, -0.25) is 0 Å². The fourth-order valence-electron chi connectivity index (χ4n) is 2.62. The van der Waals surface area contributed by atoms with Crippen molar-refractivity contribution in [3.8, 4) is 5.75 Å². The Hall–Kier alpha value is -1.06. The van der Waals surface area contributed by atoms with Crippen molar-refractivity contribution in [1.29, 1.82) is 0 Å². The number of aromatic hydroxyl groups is 1. The van der Waals surface area contributed by atoms with Crippen LogP contribution < -0.4 is 5.32 Å². The first-order chi connectivity index (χ1) is 8.69. The van der Waals surface area contributed by atoms with Crippen LogP contribution in [0.5, 0.6) is 5.75 Å². The number of nitrogens with one attached hydrogen (secondary N) is 1. The van der Waals surface area contributed by atoms with Gasteiger partial charge in [-0.1, -0.05) is 24.6 Å². The van der Waals surface area contributed by atoms with Gasteiger partial charge >= 0.3 is 0 Å². The van der Waals surface area contributed by atoms with Gasteiger partial charge in [0.1, 0.15) is 5.75 Å². The minimum absolute atomic E-state index is 0.399. The zero-order valence-corrected chi connectivity index (χ0v) is 11.4. The van der Waals surface area contributed by atoms with E-state index >= 15 is 0 Å². The molecule has 1 aromatic rings. The number of piperidine rings is 1. The number of likely N-dealkylation sites (tertiary alicyclic amines) is 1. The zero-order valence-electron chi connectivity index (χ0n) is 11.4. The molecule has 1 unspecified atom stereocenters. The van der Waals surface area contributed by atoms with Gasteiger partial charge in [-0.05, 0) is 38.9 Å². The third kappa shape index (κ3) is 3.47. The molecule has 0 radical (unpaired) electrons. The van der Waals surface area contributed by atoms with E-state index in [0.29, 0.717) is 11.8 Å². The molecule has 0 aromatic heterocycles. The van der Waals surface area contributed by atoms with Gasteiger partial charge in [0, 0.05) is 24.7 Å². The summed E-state index contributed by atoms with van der Waals surface area (Å²) in [5, 5.41) is 13.4. The van der Waals surface area contributed by atoms with Crippen molar-refractivity contribution in [3.05, 3.63) is 29.3 Å². The molecule has 18 heavy (non-hydrogen) atoms. The lowest BCUT2D eigenvalue weighted by atomic mass is 10.0. The molecule has 2 N–H and O–H groups in total. The molecule has 0 spiro atoms. The molecule has 1 aliphatic heterocycles. The molecular weight excluding hydrogens is 224 g/mol. The highest BCUT2D eigenvalue weighted by molar-refractivity contribution is 5.35. The van der Waals surface area contributed by atoms with Gasteiger partial charge < -0.3 is 15.3 Å². The average molecular weight is 248 g/mol. The molecular formula is C15H24N2O. The van der Waals surface area contributed by atoms with Crippen LogP contribution in [0.25, 0.3) is 0 Å². The van der Waals surface area contributed by atoms with Crippen LogP contribution in [0.3, 0.4) is 0 Å². The molecule has 0 saturated carbocycles. The molecule has 0 amide bonds. The lowest BCUT2D eigenvalue weighted by Crippen LogP contribution is -2.45. The molecule has 2 rings (SSSR count). The van der Waals surface area contributed by atoms with E-state index in [1.54, 1.807) is 6.07 Å². The van der Waals surface area contributed by atoms with Crippen LogP contribution in [0.1, 0.15) is 30.9 Å². The number of hydrogen-bond acceptors (Lipinski definition) is 3. The normalized spacial score (nSPS) is 21.1. The minimum atomic E-state index is 0.399. The maximum absolute atomic E-state index is 9.81. The van der Waals surface area contributed by atoms with E-state index < -0.39 is 0 Å². The van der Waals surface area contributed by atoms with Crippen LogP contribution in [0, 0.1) is 6.92 Å². The van der Waals surface area contributed by atoms with Crippen molar-refractivity contribution in [3.63, 3.8) is 0 Å². The Morgan fingerprint density at radius 3 is 3.06 bits per heavy atom. The monoisotopic (exact) mass is 248 g/mol. The SMILES string of the molecule is CCN1CCCC(NCc2cc(C)ccc2O)C1. The molecule has 1 aromatic carbocycles. The average Bonchev–Trinajstić information content (AvgIpc) is 2.40. The van der Waals surface area contributed by atoms with Crippen molar-refractivity contribution >= 4 is 0 Å². The highest BCUT2D eigenvalue weighted by Crippen LogP contribution is 2.18. The lowest BCUT2D eigenvalue weighted by Gasteiger charge is -2.32. The summed E-state index contributed by atoms with van der Waals surface area (Å²) in [6.07, 6.45) is 2.51. The molecule has 3 nitrogen and oxygen atoms in total. The summed E-state index contributed by atoms with van der Waals surface area (Å²) in [5.74, 6) is 0.399. The van der Waals surface area contributed by atoms with Gasteiger partial charge in [-0.2, -0.15) is 0 Å². The van der Waals surface area contributed by atoms with E-state index in [1.807, 2.05) is 6.07 Å². The standard InChI is InChI=1S/C15H24N2O/c1-3-17-8-4-5-14(11-17)16-10-13-9-12(2)6-7-15(13)18/h6-7,9,14,16,18H,3-5,8,10-11H2,1-2H3. The summed E-state index contributed by atoms with van der Waals surface area (Å²) in [7, 11) is 0. The number of nitrogens with zero attached hydrogens (tertiary/aromatic N) is 1. The van der Waals surface area contributed by atoms with Crippen LogP contribution in [-0.2, 0) is 6.54 Å². The number of rotatable bonds is 4. The van der Waals surface area contributed by atoms with Crippen LogP contribution in [0.2, 0.25) is 0 Å². The third-order valence-corrected chi connectivity index (χ3v) is 3.77. The Labute approximate surface area is 110 Å². The Morgan fingerprint density at radius 1 is 1.44 bits per heavy atom. The Balaban J connectivity index is 1.89. The molecule has 100 valence electrons. The smallest absolute Gasteiger partial charge is 0.120 e. The number of aryl methyl sites for hydroxylation is 1. The molecule has 3 heteroatoms. The molecule has 1 fully saturated rings. The lowest BCUT2D eigenvalue weighted by molar-refractivity contribution is 0.198. The minimum Gasteiger partial charge on any atom is -0.508 e. The summed E-state index contributed by atoms with van der Waals surface area (Å²) in [6.45, 7) is 8.52. The highest BCUT2D eigenvalue weighted by atomic mass is 16.3. The van der Waals surface area contributed by atoms with Gasteiger partial charge in [0.15, 0.2) is 0 Å². The maximum atomic E-state index is 9.81. The van der Waals surface area contributed by atoms with Crippen LogP contribution in [0.15, 0.2) is 18.2 Å². The number of phenolic OH excluding ortho intramolecular Hbond substituents is 1. The van der Waals surface area contributed by atoms with E-state index in [2.05, 4.69) is 30.1 Å². The molecule has 0 bridgehead atoms. The first-order valence-electron chi connectivity index (χ1n) is 6.93. The van der Waals surface area contributed by atoms with Gasteiger partial charge in [0.2, 0.25) is 0 Å². The van der Waals surface area contributed by atoms with Crippen molar-refractivity contribution in [2.75, 3.05) is 19.6 Å². The number of hydrogen-bond donors (Lipinski definition) is 2. The van der Waals surface area contributed by atoms with Gasteiger partial charge in [0.05, 0.1) is 0 Å². The topological polar surface area (TPSA) is 35.5 Å². The predicted octanol–water partition coefficient (Wildman–Crippen LogP) is 2.27. The van der Waals surface area contributed by atoms with E-state index in [4.69, 9.17) is 0 Å². The molecule has 0 aliphatic carbocycles. The summed E-state index contributed by atoms with van der Waals surface area (Å²) < 4.78 is 0. The van der Waals surface area contributed by atoms with Crippen LogP contribution in [0.4, 0.5) is 0 Å². The van der Waals surface area contributed by atoms with E-state index in [-0.39, 0.29) is 0 Å². The van der Waals surface area contributed by atoms with Crippen molar-refractivity contribution < 1.29 is 5.11 Å². The fourth-order valence-corrected chi connectivity index (χ4v) is 2.62. The van der Waals surface area contributed by atoms with E-state index in [1.165, 1.54) is 24.9 Å². The van der Waals surface area contributed by atoms with Gasteiger partial charge in [0.25, 0.3) is 0 Å². The summed E-state index contributed by atoms with van der Waals surface area (Å²) in [6, 6.07) is 6.34. The summed E-state index contributed by atoms with van der Waals surface area (Å²) in [5.41, 5.74) is 2.20. The van der Waals surface area contributed by atoms with E-state index in [0.717, 1.165) is 25.2 Å². The molecule has 1 saturated heterocycles. The molecule has 1 aliphatic rings. The fraction of sp³-hybridized carbons (Fsp3) is 0.600. The zero-order chi connectivity index (χ0) is 13.0. The second-order valence-electron chi connectivity index (χ2n) is 5.25. The number of likely N-dealkylation sites (N-methyl/N-ethyl adjacent to an activating group) is 1. The summed E-state index contributed by atoms with van der Waals surface area (Å²) in [4.78, 5) is 2.48. The van der Waals surface area contributed by atoms with Gasteiger partial charge in [-0.25, -0.2) is 0 Å². The Bertz CT molecular complexity index is 392. The van der Waals surface area contributed by atoms with E-state index in [9.17, 15) is 5.11 Å². The van der Waals surface area contributed by atoms with Crippen LogP contribution in [-0.4, -0.2) is 35.7 Å². The molecule has 1 atom stereocenters. The van der Waals surface area contributed by atoms with Crippen molar-refractivity contribution in [1.82, 2.24) is 10.2 Å². The Kier molecular flexibility index (Phi) is 4.61. The van der Waals surface area contributed by atoms with Crippen LogP contribution >= 0.6 is 0 Å². The first-order valence-corrected chi connectivity index (χ1v) is 6.93. The quantitative estimate of drug-likeness (QED) is 0.858. The third-order valence-electron chi connectivity index (χ3n) is 3.77. The number of benzene rings is 1. The predicted molar refractivity (Wildman–Crippen MR) is 74.8 cm³/mol. The van der Waals surface area contributed by atoms with Gasteiger partial charge in [-0.15, -0.1) is 0 Å². The largest absolute Gasteiger partial charge is 0.508 e. The number of phenols is 1. The van der Waals surface area contributed by atoms with Crippen molar-refractivity contribution in [2.45, 2.75) is 39.3 Å². The highest BCUT2D eigenvalue weighted by Gasteiger charge is 2.18. The first kappa shape index (κ1) is 13.4. The second kappa shape index (κ2) is 6.21. The molecule has 1 heterocycles. The van der Waals surface area contributed by atoms with Crippen molar-refractivity contribution in [2.24, 2.45) is 0 Å². The summed E-state index contributed by atoms with van der Waals surface area (Å²) >= 11 is 0. The maximum Gasteiger partial charge on any atom is 0.120 e.